The van der Waals surface area contributed by atoms with Crippen molar-refractivity contribution < 1.29 is 23.9 Å². The summed E-state index contributed by atoms with van der Waals surface area (Å²) in [5.41, 5.74) is 6.67. The van der Waals surface area contributed by atoms with E-state index in [1.807, 2.05) is 30.5 Å². The molecular weight excluding hydrogens is 418 g/mol. The van der Waals surface area contributed by atoms with Crippen LogP contribution in [0.1, 0.15) is 23.7 Å². The van der Waals surface area contributed by atoms with Crippen molar-refractivity contribution in [2.75, 3.05) is 23.0 Å². The van der Waals surface area contributed by atoms with E-state index in [9.17, 15) is 19.2 Å². The first-order valence-corrected chi connectivity index (χ1v) is 10.9. The maximum atomic E-state index is 12.5. The van der Waals surface area contributed by atoms with Crippen LogP contribution in [0.15, 0.2) is 53.4 Å². The molecule has 0 radical (unpaired) electrons. The summed E-state index contributed by atoms with van der Waals surface area (Å²) in [7, 11) is 0. The van der Waals surface area contributed by atoms with Crippen molar-refractivity contribution in [3.8, 4) is 0 Å². The first kappa shape index (κ1) is 22.4. The Bertz CT molecular complexity index is 1010. The average molecular weight is 442 g/mol. The molecule has 3 rings (SSSR count). The van der Waals surface area contributed by atoms with Gasteiger partial charge in [-0.25, -0.2) is 0 Å². The quantitative estimate of drug-likeness (QED) is 0.503. The summed E-state index contributed by atoms with van der Waals surface area (Å²) in [4.78, 5) is 51.0. The Morgan fingerprint density at radius 1 is 1.19 bits per heavy atom. The molecule has 1 aliphatic heterocycles. The first-order valence-electron chi connectivity index (χ1n) is 9.64. The van der Waals surface area contributed by atoms with Crippen molar-refractivity contribution in [2.45, 2.75) is 24.3 Å². The lowest BCUT2D eigenvalue weighted by Crippen LogP contribution is -2.33. The normalized spacial score (nSPS) is 16.6. The zero-order valence-electron chi connectivity index (χ0n) is 17.2. The van der Waals surface area contributed by atoms with E-state index in [1.165, 1.54) is 31.2 Å². The maximum Gasteiger partial charge on any atom is 0.312 e. The molecule has 0 aromatic heterocycles. The molecule has 0 unspecified atom stereocenters. The van der Waals surface area contributed by atoms with E-state index in [1.54, 1.807) is 16.7 Å². The summed E-state index contributed by atoms with van der Waals surface area (Å²) in [5, 5.41) is 2.61. The van der Waals surface area contributed by atoms with E-state index in [0.29, 0.717) is 11.3 Å². The largest absolute Gasteiger partial charge is 0.452 e. The molecule has 1 fully saturated rings. The van der Waals surface area contributed by atoms with Crippen molar-refractivity contribution in [3.63, 3.8) is 0 Å². The second kappa shape index (κ2) is 9.65. The Balaban J connectivity index is 1.57. The van der Waals surface area contributed by atoms with Crippen LogP contribution in [-0.4, -0.2) is 42.6 Å². The van der Waals surface area contributed by atoms with Crippen LogP contribution in [0.3, 0.4) is 0 Å². The van der Waals surface area contributed by atoms with Gasteiger partial charge >= 0.3 is 5.97 Å². The minimum atomic E-state index is -1.05. The number of anilines is 2. The lowest BCUT2D eigenvalue weighted by molar-refractivity contribution is -0.157. The topological polar surface area (TPSA) is 119 Å². The lowest BCUT2D eigenvalue weighted by atomic mass is 10.1. The minimum Gasteiger partial charge on any atom is -0.452 e. The Labute approximate surface area is 184 Å². The number of hydrogen-bond donors (Lipinski definition) is 2. The summed E-state index contributed by atoms with van der Waals surface area (Å²) in [6.45, 7) is 1.67. The summed E-state index contributed by atoms with van der Waals surface area (Å²) >= 11 is 1.57. The number of carbonyl (C=O) groups is 4. The highest BCUT2D eigenvalue weighted by atomic mass is 32.2. The standard InChI is InChI=1S/C22H23N3O5S/c1-13(21(28)24-16-8-6-14(7-9-16)20(23)27)30-22(29)15-10-19(26)25(12-15)17-4-3-5-18(11-17)31-2/h3-9,11,13,15H,10,12H2,1-2H3,(H2,23,27)(H,24,28)/t13-,15+/m1/s1. The maximum absolute atomic E-state index is 12.5. The van der Waals surface area contributed by atoms with Crippen molar-refractivity contribution in [1.82, 2.24) is 0 Å². The number of nitrogens with zero attached hydrogens (tertiary/aromatic N) is 1. The second-order valence-electron chi connectivity index (χ2n) is 7.12. The van der Waals surface area contributed by atoms with Gasteiger partial charge in [0.05, 0.1) is 5.92 Å². The fraction of sp³-hybridized carbons (Fsp3) is 0.273. The predicted octanol–water partition coefficient (Wildman–Crippen LogP) is 2.43. The van der Waals surface area contributed by atoms with Crippen molar-refractivity contribution in [2.24, 2.45) is 11.7 Å². The fourth-order valence-electron chi connectivity index (χ4n) is 3.18. The van der Waals surface area contributed by atoms with Crippen LogP contribution in [0.2, 0.25) is 0 Å². The molecule has 2 aromatic carbocycles. The Morgan fingerprint density at radius 2 is 1.90 bits per heavy atom. The van der Waals surface area contributed by atoms with Crippen molar-refractivity contribution in [3.05, 3.63) is 54.1 Å². The van der Waals surface area contributed by atoms with Gasteiger partial charge in [-0.2, -0.15) is 0 Å². The molecule has 2 atom stereocenters. The number of nitrogens with two attached hydrogens (primary N) is 1. The Hall–Kier alpha value is -3.33. The molecular formula is C22H23N3O5S. The SMILES string of the molecule is CSc1cccc(N2C[C@@H](C(=O)O[C@H](C)C(=O)Nc3ccc(C(N)=O)cc3)CC2=O)c1. The van der Waals surface area contributed by atoms with Gasteiger partial charge in [0.2, 0.25) is 11.8 Å². The number of amides is 3. The van der Waals surface area contributed by atoms with Gasteiger partial charge in [0.25, 0.3) is 5.91 Å². The van der Waals surface area contributed by atoms with Crippen LogP contribution in [0.4, 0.5) is 11.4 Å². The molecule has 0 spiro atoms. The van der Waals surface area contributed by atoms with Crippen LogP contribution in [0.5, 0.6) is 0 Å². The van der Waals surface area contributed by atoms with Gasteiger partial charge in [0.1, 0.15) is 0 Å². The predicted molar refractivity (Wildman–Crippen MR) is 118 cm³/mol. The molecule has 2 aromatic rings. The molecule has 9 heteroatoms. The molecule has 162 valence electrons. The molecule has 0 bridgehead atoms. The number of thioether (sulfide) groups is 1. The zero-order valence-corrected chi connectivity index (χ0v) is 18.0. The van der Waals surface area contributed by atoms with Gasteiger partial charge in [-0.3, -0.25) is 19.2 Å². The minimum absolute atomic E-state index is 0.0330. The van der Waals surface area contributed by atoms with E-state index in [4.69, 9.17) is 10.5 Å². The van der Waals surface area contributed by atoms with Gasteiger partial charge < -0.3 is 20.7 Å². The smallest absolute Gasteiger partial charge is 0.312 e. The number of esters is 1. The monoisotopic (exact) mass is 441 g/mol. The molecule has 1 heterocycles. The van der Waals surface area contributed by atoms with Gasteiger partial charge in [0, 0.05) is 34.8 Å². The fourth-order valence-corrected chi connectivity index (χ4v) is 3.63. The highest BCUT2D eigenvalue weighted by Crippen LogP contribution is 2.29. The van der Waals surface area contributed by atoms with Crippen molar-refractivity contribution in [1.29, 1.82) is 0 Å². The number of ether oxygens (including phenoxy) is 1. The third-order valence-corrected chi connectivity index (χ3v) is 5.65. The van der Waals surface area contributed by atoms with Gasteiger partial charge in [-0.05, 0) is 55.6 Å². The van der Waals surface area contributed by atoms with Crippen LogP contribution in [0.25, 0.3) is 0 Å². The molecule has 0 saturated carbocycles. The van der Waals surface area contributed by atoms with Crippen LogP contribution in [0, 0.1) is 5.92 Å². The van der Waals surface area contributed by atoms with E-state index in [0.717, 1.165) is 10.6 Å². The van der Waals surface area contributed by atoms with Crippen LogP contribution >= 0.6 is 11.8 Å². The van der Waals surface area contributed by atoms with Gasteiger partial charge in [0.15, 0.2) is 6.10 Å². The van der Waals surface area contributed by atoms with E-state index in [-0.39, 0.29) is 18.9 Å². The summed E-state index contributed by atoms with van der Waals surface area (Å²) in [5.74, 6) is -2.49. The second-order valence-corrected chi connectivity index (χ2v) is 8.00. The Kier molecular flexibility index (Phi) is 6.96. The van der Waals surface area contributed by atoms with Gasteiger partial charge in [-0.15, -0.1) is 11.8 Å². The third kappa shape index (κ3) is 5.43. The molecule has 8 nitrogen and oxygen atoms in total. The third-order valence-electron chi connectivity index (χ3n) is 4.92. The lowest BCUT2D eigenvalue weighted by Gasteiger charge is -2.18. The first-order chi connectivity index (χ1) is 14.8. The number of nitrogens with one attached hydrogen (secondary N) is 1. The Morgan fingerprint density at radius 3 is 2.55 bits per heavy atom. The van der Waals surface area contributed by atoms with Crippen LogP contribution < -0.4 is 16.0 Å². The van der Waals surface area contributed by atoms with Gasteiger partial charge in [-0.1, -0.05) is 6.07 Å². The number of benzene rings is 2. The van der Waals surface area contributed by atoms with Crippen LogP contribution in [-0.2, 0) is 19.1 Å². The molecule has 31 heavy (non-hydrogen) atoms. The average Bonchev–Trinajstić information content (AvgIpc) is 3.16. The molecule has 3 amide bonds. The van der Waals surface area contributed by atoms with Crippen molar-refractivity contribution >= 4 is 46.8 Å². The van der Waals surface area contributed by atoms with E-state index < -0.39 is 29.8 Å². The highest BCUT2D eigenvalue weighted by molar-refractivity contribution is 7.98. The number of carbonyl (C=O) groups excluding carboxylic acids is 4. The zero-order chi connectivity index (χ0) is 22.5. The number of rotatable bonds is 7. The highest BCUT2D eigenvalue weighted by Gasteiger charge is 2.37. The number of primary amides is 1. The summed E-state index contributed by atoms with van der Waals surface area (Å²) < 4.78 is 5.30. The van der Waals surface area contributed by atoms with E-state index in [2.05, 4.69) is 5.32 Å². The number of hydrogen-bond acceptors (Lipinski definition) is 6. The summed E-state index contributed by atoms with van der Waals surface area (Å²) in [6.07, 6.45) is 0.932. The molecule has 0 aliphatic carbocycles. The molecule has 3 N–H and O–H groups in total. The summed E-state index contributed by atoms with van der Waals surface area (Å²) in [6, 6.07) is 13.6. The van der Waals surface area contributed by atoms with E-state index >= 15 is 0 Å². The molecule has 1 aliphatic rings. The molecule has 1 saturated heterocycles.